The Hall–Kier alpha value is -2.21. The Morgan fingerprint density at radius 3 is 2.59 bits per heavy atom. The van der Waals surface area contributed by atoms with Gasteiger partial charge in [0.25, 0.3) is 0 Å². The van der Waals surface area contributed by atoms with Crippen LogP contribution in [0.5, 0.6) is 0 Å². The van der Waals surface area contributed by atoms with Gasteiger partial charge in [0.05, 0.1) is 24.1 Å². The molecular formula is C21H15BrClN3S. The van der Waals surface area contributed by atoms with Gasteiger partial charge in [-0.2, -0.15) is 0 Å². The van der Waals surface area contributed by atoms with Crippen molar-refractivity contribution in [1.82, 2.24) is 9.55 Å². The molecule has 4 aromatic rings. The maximum absolute atomic E-state index is 6.04. The van der Waals surface area contributed by atoms with Crippen LogP contribution in [0, 0.1) is 0 Å². The summed E-state index contributed by atoms with van der Waals surface area (Å²) in [6.07, 6.45) is 3.52. The van der Waals surface area contributed by atoms with Gasteiger partial charge in [-0.05, 0) is 35.9 Å². The van der Waals surface area contributed by atoms with Gasteiger partial charge in [0, 0.05) is 26.6 Å². The largest absolute Gasteiger partial charge is 0.312 e. The van der Waals surface area contributed by atoms with Gasteiger partial charge in [-0.3, -0.25) is 4.98 Å². The van der Waals surface area contributed by atoms with Crippen LogP contribution in [-0.4, -0.2) is 9.55 Å². The lowest BCUT2D eigenvalue weighted by atomic mass is 10.1. The fraction of sp³-hybridized carbons (Fsp3) is 0.0476. The molecule has 0 aliphatic heterocycles. The van der Waals surface area contributed by atoms with E-state index in [0.717, 1.165) is 31.2 Å². The third kappa shape index (κ3) is 4.21. The second-order valence-electron chi connectivity index (χ2n) is 5.92. The van der Waals surface area contributed by atoms with Crippen molar-refractivity contribution in [2.75, 3.05) is 0 Å². The van der Waals surface area contributed by atoms with Crippen LogP contribution in [0.3, 0.4) is 0 Å². The quantitative estimate of drug-likeness (QED) is 0.354. The molecule has 0 radical (unpaired) electrons. The molecule has 0 N–H and O–H groups in total. The van der Waals surface area contributed by atoms with Gasteiger partial charge in [0.2, 0.25) is 0 Å². The molecule has 2 aromatic carbocycles. The molecule has 6 heteroatoms. The lowest BCUT2D eigenvalue weighted by Gasteiger charge is -2.11. The zero-order valence-corrected chi connectivity index (χ0v) is 17.4. The van der Waals surface area contributed by atoms with Crippen LogP contribution in [0.15, 0.2) is 87.9 Å². The van der Waals surface area contributed by atoms with Crippen LogP contribution in [0.25, 0.3) is 11.3 Å². The van der Waals surface area contributed by atoms with Crippen LogP contribution < -0.4 is 4.80 Å². The summed E-state index contributed by atoms with van der Waals surface area (Å²) in [7, 11) is 0. The van der Waals surface area contributed by atoms with E-state index < -0.39 is 0 Å². The van der Waals surface area contributed by atoms with Crippen molar-refractivity contribution in [2.24, 2.45) is 4.99 Å². The van der Waals surface area contributed by atoms with Gasteiger partial charge in [-0.25, -0.2) is 4.99 Å². The first-order valence-corrected chi connectivity index (χ1v) is 10.4. The summed E-state index contributed by atoms with van der Waals surface area (Å²) in [5.41, 5.74) is 4.25. The van der Waals surface area contributed by atoms with Crippen molar-refractivity contribution in [3.05, 3.63) is 98.3 Å². The number of aromatic nitrogens is 2. The van der Waals surface area contributed by atoms with Gasteiger partial charge < -0.3 is 4.57 Å². The molecule has 0 spiro atoms. The maximum Gasteiger partial charge on any atom is 0.190 e. The minimum atomic E-state index is 0.705. The topological polar surface area (TPSA) is 30.2 Å². The Labute approximate surface area is 174 Å². The molecule has 0 aliphatic rings. The zero-order valence-electron chi connectivity index (χ0n) is 14.2. The fourth-order valence-electron chi connectivity index (χ4n) is 2.76. The molecule has 3 nitrogen and oxygen atoms in total. The molecular weight excluding hydrogens is 442 g/mol. The number of rotatable bonds is 4. The van der Waals surface area contributed by atoms with E-state index in [1.165, 1.54) is 5.56 Å². The molecule has 0 aliphatic carbocycles. The molecule has 0 amide bonds. The van der Waals surface area contributed by atoms with E-state index in [2.05, 4.69) is 43.0 Å². The van der Waals surface area contributed by atoms with Gasteiger partial charge in [0.1, 0.15) is 0 Å². The fourth-order valence-corrected chi connectivity index (χ4v) is 4.29. The minimum absolute atomic E-state index is 0.705. The van der Waals surface area contributed by atoms with E-state index in [9.17, 15) is 0 Å². The molecule has 0 bridgehead atoms. The maximum atomic E-state index is 6.04. The number of pyridine rings is 1. The normalized spacial score (nSPS) is 11.7. The van der Waals surface area contributed by atoms with Gasteiger partial charge in [-0.1, -0.05) is 57.9 Å². The number of hydrogen-bond donors (Lipinski definition) is 0. The SMILES string of the molecule is Clc1ccc(Cn2c(-c3ccccc3Br)csc2=Nc2cccnc2)cc1. The summed E-state index contributed by atoms with van der Waals surface area (Å²) in [5.74, 6) is 0. The minimum Gasteiger partial charge on any atom is -0.312 e. The molecule has 0 saturated carbocycles. The lowest BCUT2D eigenvalue weighted by Crippen LogP contribution is -2.16. The van der Waals surface area contributed by atoms with Crippen molar-refractivity contribution in [3.63, 3.8) is 0 Å². The van der Waals surface area contributed by atoms with Crippen LogP contribution in [0.4, 0.5) is 5.69 Å². The third-order valence-electron chi connectivity index (χ3n) is 4.07. The van der Waals surface area contributed by atoms with Crippen molar-refractivity contribution < 1.29 is 0 Å². The summed E-state index contributed by atoms with van der Waals surface area (Å²) in [4.78, 5) is 9.89. The monoisotopic (exact) mass is 455 g/mol. The molecule has 0 atom stereocenters. The predicted octanol–water partition coefficient (Wildman–Crippen LogP) is 6.31. The Morgan fingerprint density at radius 2 is 1.85 bits per heavy atom. The van der Waals surface area contributed by atoms with Crippen LogP contribution in [0.1, 0.15) is 5.56 Å². The molecule has 27 heavy (non-hydrogen) atoms. The number of benzene rings is 2. The molecule has 0 unspecified atom stereocenters. The van der Waals surface area contributed by atoms with Crippen LogP contribution in [-0.2, 0) is 6.54 Å². The summed E-state index contributed by atoms with van der Waals surface area (Å²) < 4.78 is 3.28. The van der Waals surface area contributed by atoms with Crippen molar-refractivity contribution >= 4 is 44.6 Å². The second-order valence-corrected chi connectivity index (χ2v) is 8.05. The highest BCUT2D eigenvalue weighted by Gasteiger charge is 2.11. The number of thiazole rings is 1. The first kappa shape index (κ1) is 18.2. The van der Waals surface area contributed by atoms with Crippen LogP contribution in [0.2, 0.25) is 5.02 Å². The summed E-state index contributed by atoms with van der Waals surface area (Å²) in [5, 5.41) is 2.88. The van der Waals surface area contributed by atoms with E-state index in [1.807, 2.05) is 48.5 Å². The van der Waals surface area contributed by atoms with Crippen LogP contribution >= 0.6 is 38.9 Å². The Kier molecular flexibility index (Phi) is 5.53. The van der Waals surface area contributed by atoms with E-state index in [-0.39, 0.29) is 0 Å². The Bertz CT molecular complexity index is 1120. The third-order valence-corrected chi connectivity index (χ3v) is 5.88. The predicted molar refractivity (Wildman–Crippen MR) is 115 cm³/mol. The first-order valence-electron chi connectivity index (χ1n) is 8.33. The highest BCUT2D eigenvalue weighted by atomic mass is 79.9. The summed E-state index contributed by atoms with van der Waals surface area (Å²) in [6.45, 7) is 0.705. The molecule has 0 saturated heterocycles. The van der Waals surface area contributed by atoms with E-state index in [4.69, 9.17) is 16.6 Å². The summed E-state index contributed by atoms with van der Waals surface area (Å²) in [6, 6.07) is 20.0. The highest BCUT2D eigenvalue weighted by molar-refractivity contribution is 9.10. The first-order chi connectivity index (χ1) is 13.2. The average Bonchev–Trinajstić information content (AvgIpc) is 3.07. The lowest BCUT2D eigenvalue weighted by molar-refractivity contribution is 0.778. The van der Waals surface area contributed by atoms with Crippen molar-refractivity contribution in [3.8, 4) is 11.3 Å². The molecule has 2 aromatic heterocycles. The molecule has 0 fully saturated rings. The number of halogens is 2. The molecule has 2 heterocycles. The molecule has 4 rings (SSSR count). The van der Waals surface area contributed by atoms with Crippen molar-refractivity contribution in [2.45, 2.75) is 6.54 Å². The van der Waals surface area contributed by atoms with Gasteiger partial charge in [0.15, 0.2) is 4.80 Å². The van der Waals surface area contributed by atoms with E-state index in [0.29, 0.717) is 6.54 Å². The highest BCUT2D eigenvalue weighted by Crippen LogP contribution is 2.29. The number of nitrogens with zero attached hydrogens (tertiary/aromatic N) is 3. The average molecular weight is 457 g/mol. The van der Waals surface area contributed by atoms with Crippen molar-refractivity contribution in [1.29, 1.82) is 0 Å². The standard InChI is InChI=1S/C21H15BrClN3S/c22-19-6-2-1-5-18(19)20-14-27-21(25-17-4-3-11-24-12-17)26(20)13-15-7-9-16(23)10-8-15/h1-12,14H,13H2. The molecule has 134 valence electrons. The van der Waals surface area contributed by atoms with E-state index >= 15 is 0 Å². The number of hydrogen-bond acceptors (Lipinski definition) is 3. The van der Waals surface area contributed by atoms with Gasteiger partial charge in [-0.15, -0.1) is 11.3 Å². The Balaban J connectivity index is 1.86. The smallest absolute Gasteiger partial charge is 0.190 e. The second kappa shape index (κ2) is 8.21. The van der Waals surface area contributed by atoms with Gasteiger partial charge >= 0.3 is 0 Å². The Morgan fingerprint density at radius 1 is 1.04 bits per heavy atom. The zero-order chi connectivity index (χ0) is 18.6. The summed E-state index contributed by atoms with van der Waals surface area (Å²) >= 11 is 11.3. The van der Waals surface area contributed by atoms with E-state index in [1.54, 1.807) is 23.7 Å².